The van der Waals surface area contributed by atoms with Gasteiger partial charge in [0.2, 0.25) is 0 Å². The van der Waals surface area contributed by atoms with E-state index < -0.39 is 0 Å². The highest BCUT2D eigenvalue weighted by Crippen LogP contribution is 2.18. The Bertz CT molecular complexity index is 628. The largest absolute Gasteiger partial charge is 0.383 e. The summed E-state index contributed by atoms with van der Waals surface area (Å²) in [6, 6.07) is 5.76. The molecule has 21 heavy (non-hydrogen) atoms. The van der Waals surface area contributed by atoms with Crippen LogP contribution in [0.1, 0.15) is 30.1 Å². The zero-order valence-electron chi connectivity index (χ0n) is 11.8. The smallest absolute Gasteiger partial charge is 0.256 e. The van der Waals surface area contributed by atoms with E-state index in [0.717, 1.165) is 12.8 Å². The van der Waals surface area contributed by atoms with Crippen LogP contribution in [0.3, 0.4) is 0 Å². The first-order valence-electron chi connectivity index (χ1n) is 6.78. The minimum absolute atomic E-state index is 0.110. The molecule has 2 aromatic rings. The van der Waals surface area contributed by atoms with Crippen LogP contribution < -0.4 is 11.1 Å². The van der Waals surface area contributed by atoms with Gasteiger partial charge >= 0.3 is 0 Å². The predicted octanol–water partition coefficient (Wildman–Crippen LogP) is 2.39. The number of amides is 1. The van der Waals surface area contributed by atoms with Crippen LogP contribution in [0, 0.1) is 5.82 Å². The number of benzene rings is 1. The second kappa shape index (κ2) is 6.78. The Morgan fingerprint density at radius 2 is 2.05 bits per heavy atom. The maximum atomic E-state index is 12.9. The second-order valence-corrected chi connectivity index (χ2v) is 4.61. The third-order valence-electron chi connectivity index (χ3n) is 2.98. The molecule has 0 bridgehead atoms. The molecule has 5 nitrogen and oxygen atoms in total. The Labute approximate surface area is 122 Å². The van der Waals surface area contributed by atoms with E-state index in [1.165, 1.54) is 18.3 Å². The Hall–Kier alpha value is -2.50. The fraction of sp³-hybridized carbons (Fsp3) is 0.267. The van der Waals surface area contributed by atoms with Crippen molar-refractivity contribution in [1.82, 2.24) is 15.3 Å². The summed E-state index contributed by atoms with van der Waals surface area (Å²) in [5.74, 6) is -0.152. The van der Waals surface area contributed by atoms with Gasteiger partial charge in [-0.05, 0) is 30.7 Å². The molecule has 0 saturated carbocycles. The van der Waals surface area contributed by atoms with Gasteiger partial charge in [-0.25, -0.2) is 14.4 Å². The van der Waals surface area contributed by atoms with Gasteiger partial charge in [-0.3, -0.25) is 4.79 Å². The quantitative estimate of drug-likeness (QED) is 0.828. The van der Waals surface area contributed by atoms with E-state index in [2.05, 4.69) is 15.3 Å². The Balaban J connectivity index is 2.17. The number of nitrogens with two attached hydrogens (primary N) is 1. The topological polar surface area (TPSA) is 80.9 Å². The van der Waals surface area contributed by atoms with Gasteiger partial charge in [0.25, 0.3) is 5.91 Å². The molecule has 0 aliphatic rings. The molecule has 0 aliphatic heterocycles. The molecule has 0 spiro atoms. The summed E-state index contributed by atoms with van der Waals surface area (Å²) in [5.41, 5.74) is 6.69. The summed E-state index contributed by atoms with van der Waals surface area (Å²) in [7, 11) is 0. The highest BCUT2D eigenvalue weighted by atomic mass is 19.1. The molecule has 1 aromatic heterocycles. The van der Waals surface area contributed by atoms with Gasteiger partial charge in [-0.15, -0.1) is 0 Å². The summed E-state index contributed by atoms with van der Waals surface area (Å²) >= 11 is 0. The van der Waals surface area contributed by atoms with Crippen molar-refractivity contribution in [3.8, 4) is 11.4 Å². The van der Waals surface area contributed by atoms with Crippen LogP contribution in [0.15, 0.2) is 30.5 Å². The van der Waals surface area contributed by atoms with Crippen molar-refractivity contribution in [1.29, 1.82) is 0 Å². The molecule has 1 amide bonds. The zero-order chi connectivity index (χ0) is 15.2. The van der Waals surface area contributed by atoms with Crippen molar-refractivity contribution in [2.24, 2.45) is 0 Å². The van der Waals surface area contributed by atoms with Crippen molar-refractivity contribution in [3.05, 3.63) is 41.8 Å². The van der Waals surface area contributed by atoms with Crippen molar-refractivity contribution in [3.63, 3.8) is 0 Å². The average molecular weight is 288 g/mol. The molecule has 0 saturated heterocycles. The number of nitrogens with zero attached hydrogens (tertiary/aromatic N) is 2. The number of aromatic nitrogens is 2. The van der Waals surface area contributed by atoms with Crippen molar-refractivity contribution < 1.29 is 9.18 Å². The number of carbonyl (C=O) groups excluding carboxylic acids is 1. The number of unbranched alkanes of at least 4 members (excludes halogenated alkanes) is 1. The van der Waals surface area contributed by atoms with Crippen LogP contribution in [0.2, 0.25) is 0 Å². The SMILES string of the molecule is CCCCNC(=O)c1cnc(-c2ccc(F)cc2)nc1N. The van der Waals surface area contributed by atoms with E-state index in [1.54, 1.807) is 12.1 Å². The first-order valence-corrected chi connectivity index (χ1v) is 6.78. The van der Waals surface area contributed by atoms with Crippen molar-refractivity contribution in [2.45, 2.75) is 19.8 Å². The second-order valence-electron chi connectivity index (χ2n) is 4.61. The highest BCUT2D eigenvalue weighted by molar-refractivity contribution is 5.98. The number of nitrogens with one attached hydrogen (secondary N) is 1. The molecule has 6 heteroatoms. The van der Waals surface area contributed by atoms with E-state index in [4.69, 9.17) is 5.73 Å². The fourth-order valence-electron chi connectivity index (χ4n) is 1.78. The zero-order valence-corrected chi connectivity index (χ0v) is 11.8. The molecule has 3 N–H and O–H groups in total. The van der Waals surface area contributed by atoms with E-state index in [9.17, 15) is 9.18 Å². The molecular formula is C15H17FN4O. The van der Waals surface area contributed by atoms with Crippen LogP contribution in [0.25, 0.3) is 11.4 Å². The molecule has 2 rings (SSSR count). The van der Waals surface area contributed by atoms with E-state index >= 15 is 0 Å². The van der Waals surface area contributed by atoms with Crippen LogP contribution in [-0.2, 0) is 0 Å². The standard InChI is InChI=1S/C15H17FN4O/c1-2-3-8-18-15(21)12-9-19-14(20-13(12)17)10-4-6-11(16)7-5-10/h4-7,9H,2-3,8H2,1H3,(H,18,21)(H2,17,19,20). The summed E-state index contributed by atoms with van der Waals surface area (Å²) < 4.78 is 12.9. The minimum atomic E-state index is -0.335. The predicted molar refractivity (Wildman–Crippen MR) is 79.1 cm³/mol. The van der Waals surface area contributed by atoms with Crippen LogP contribution in [-0.4, -0.2) is 22.4 Å². The van der Waals surface area contributed by atoms with E-state index in [-0.39, 0.29) is 23.1 Å². The van der Waals surface area contributed by atoms with E-state index in [1.807, 2.05) is 6.92 Å². The molecule has 1 heterocycles. The molecule has 0 aliphatic carbocycles. The van der Waals surface area contributed by atoms with Gasteiger partial charge in [0, 0.05) is 18.3 Å². The van der Waals surface area contributed by atoms with Gasteiger partial charge in [-0.1, -0.05) is 13.3 Å². The Morgan fingerprint density at radius 3 is 2.67 bits per heavy atom. The van der Waals surface area contributed by atoms with E-state index in [0.29, 0.717) is 17.9 Å². The van der Waals surface area contributed by atoms with Gasteiger partial charge in [0.1, 0.15) is 11.6 Å². The molecule has 1 aromatic carbocycles. The average Bonchev–Trinajstić information content (AvgIpc) is 2.48. The first-order chi connectivity index (χ1) is 10.1. The number of nitrogen functional groups attached to an aromatic ring is 1. The summed E-state index contributed by atoms with van der Waals surface area (Å²) in [6.07, 6.45) is 3.29. The monoisotopic (exact) mass is 288 g/mol. The van der Waals surface area contributed by atoms with Gasteiger partial charge < -0.3 is 11.1 Å². The molecule has 0 unspecified atom stereocenters. The maximum absolute atomic E-state index is 12.9. The molecule has 110 valence electrons. The summed E-state index contributed by atoms with van der Waals surface area (Å²) in [6.45, 7) is 2.63. The van der Waals surface area contributed by atoms with Crippen LogP contribution in [0.4, 0.5) is 10.2 Å². The fourth-order valence-corrected chi connectivity index (χ4v) is 1.78. The lowest BCUT2D eigenvalue weighted by molar-refractivity contribution is 0.0953. The number of halogens is 1. The number of carbonyl (C=O) groups is 1. The molecule has 0 fully saturated rings. The number of hydrogen-bond donors (Lipinski definition) is 2. The van der Waals surface area contributed by atoms with Crippen LogP contribution >= 0.6 is 0 Å². The van der Waals surface area contributed by atoms with Gasteiger partial charge in [0.15, 0.2) is 5.82 Å². The highest BCUT2D eigenvalue weighted by Gasteiger charge is 2.12. The number of rotatable bonds is 5. The Kier molecular flexibility index (Phi) is 4.81. The third-order valence-corrected chi connectivity index (χ3v) is 2.98. The first kappa shape index (κ1) is 14.9. The lowest BCUT2D eigenvalue weighted by Gasteiger charge is -2.07. The molecule has 0 radical (unpaired) electrons. The maximum Gasteiger partial charge on any atom is 0.256 e. The molecule has 0 atom stereocenters. The third kappa shape index (κ3) is 3.75. The molecular weight excluding hydrogens is 271 g/mol. The minimum Gasteiger partial charge on any atom is -0.383 e. The lowest BCUT2D eigenvalue weighted by Crippen LogP contribution is -2.25. The van der Waals surface area contributed by atoms with Gasteiger partial charge in [0.05, 0.1) is 5.56 Å². The normalized spacial score (nSPS) is 10.4. The number of anilines is 1. The summed E-state index contributed by atoms with van der Waals surface area (Å²) in [4.78, 5) is 20.1. The van der Waals surface area contributed by atoms with Crippen molar-refractivity contribution >= 4 is 11.7 Å². The van der Waals surface area contributed by atoms with Crippen LogP contribution in [0.5, 0.6) is 0 Å². The lowest BCUT2D eigenvalue weighted by atomic mass is 10.2. The summed E-state index contributed by atoms with van der Waals surface area (Å²) in [5, 5.41) is 2.76. The van der Waals surface area contributed by atoms with Crippen molar-refractivity contribution in [2.75, 3.05) is 12.3 Å². The Morgan fingerprint density at radius 1 is 1.33 bits per heavy atom. The number of hydrogen-bond acceptors (Lipinski definition) is 4. The van der Waals surface area contributed by atoms with Gasteiger partial charge in [-0.2, -0.15) is 0 Å².